The third kappa shape index (κ3) is 5.07. The second-order valence-corrected chi connectivity index (χ2v) is 8.13. The summed E-state index contributed by atoms with van der Waals surface area (Å²) in [4.78, 5) is 31.9. The zero-order valence-corrected chi connectivity index (χ0v) is 18.1. The first-order chi connectivity index (χ1) is 15.5. The molecule has 7 heteroatoms. The standard InChI is InChI=1S/C25H28N4O3/c1-28-13-15-29(16-14-28)21-10-7-18(8-11-21)22-12-9-20(24(30)27-22)17-26-23(25(31)32)19-5-3-2-4-6-19/h2-12,23,26H,13-17H2,1H3,(H,27,30)(H,31,32)/t23-/m0/s1. The first kappa shape index (κ1) is 21.8. The lowest BCUT2D eigenvalue weighted by atomic mass is 10.1. The van der Waals surface area contributed by atoms with Crippen molar-refractivity contribution in [1.82, 2.24) is 15.2 Å². The number of carbonyl (C=O) groups is 1. The smallest absolute Gasteiger partial charge is 0.325 e. The highest BCUT2D eigenvalue weighted by Crippen LogP contribution is 2.22. The molecule has 1 saturated heterocycles. The maximum absolute atomic E-state index is 12.6. The number of piperazine rings is 1. The van der Waals surface area contributed by atoms with Gasteiger partial charge in [-0.25, -0.2) is 0 Å². The van der Waals surface area contributed by atoms with E-state index in [2.05, 4.69) is 39.3 Å². The number of hydrogen-bond acceptors (Lipinski definition) is 5. The molecule has 166 valence electrons. The summed E-state index contributed by atoms with van der Waals surface area (Å²) in [5, 5.41) is 12.5. The van der Waals surface area contributed by atoms with Crippen LogP contribution in [0.25, 0.3) is 11.3 Å². The number of carboxylic acids is 1. The number of aromatic amines is 1. The summed E-state index contributed by atoms with van der Waals surface area (Å²) < 4.78 is 0. The van der Waals surface area contributed by atoms with Gasteiger partial charge in [-0.2, -0.15) is 0 Å². The molecule has 1 atom stereocenters. The number of nitrogens with zero attached hydrogens (tertiary/aromatic N) is 2. The third-order valence-corrected chi connectivity index (χ3v) is 5.91. The second-order valence-electron chi connectivity index (χ2n) is 8.13. The lowest BCUT2D eigenvalue weighted by Gasteiger charge is -2.34. The summed E-state index contributed by atoms with van der Waals surface area (Å²) in [6.45, 7) is 4.28. The van der Waals surface area contributed by atoms with E-state index in [-0.39, 0.29) is 12.1 Å². The Morgan fingerprint density at radius 3 is 2.31 bits per heavy atom. The van der Waals surface area contributed by atoms with Crippen LogP contribution in [0.5, 0.6) is 0 Å². The molecule has 0 bridgehead atoms. The number of carboxylic acid groups (broad SMARTS) is 1. The zero-order valence-electron chi connectivity index (χ0n) is 18.1. The number of likely N-dealkylation sites (N-methyl/N-ethyl adjacent to an activating group) is 1. The molecule has 0 amide bonds. The van der Waals surface area contributed by atoms with Crippen LogP contribution in [0.3, 0.4) is 0 Å². The SMILES string of the molecule is CN1CCN(c2ccc(-c3ccc(CN[C@H](C(=O)O)c4ccccc4)c(=O)[nH]3)cc2)CC1. The molecule has 1 aliphatic heterocycles. The van der Waals surface area contributed by atoms with Crippen molar-refractivity contribution in [3.63, 3.8) is 0 Å². The first-order valence-corrected chi connectivity index (χ1v) is 10.8. The minimum absolute atomic E-state index is 0.157. The molecule has 3 N–H and O–H groups in total. The molecule has 2 heterocycles. The average Bonchev–Trinajstić information content (AvgIpc) is 2.81. The number of pyridine rings is 1. The molecule has 0 aliphatic carbocycles. The molecule has 1 fully saturated rings. The van der Waals surface area contributed by atoms with Gasteiger partial charge in [-0.1, -0.05) is 48.5 Å². The Labute approximate surface area is 187 Å². The fraction of sp³-hybridized carbons (Fsp3) is 0.280. The molecule has 32 heavy (non-hydrogen) atoms. The number of aromatic nitrogens is 1. The summed E-state index contributed by atoms with van der Waals surface area (Å²) in [6, 6.07) is 19.9. The zero-order chi connectivity index (χ0) is 22.5. The fourth-order valence-electron chi connectivity index (χ4n) is 3.93. The Morgan fingerprint density at radius 2 is 1.69 bits per heavy atom. The molecular formula is C25H28N4O3. The van der Waals surface area contributed by atoms with Gasteiger partial charge in [0.1, 0.15) is 6.04 Å². The Balaban J connectivity index is 1.44. The van der Waals surface area contributed by atoms with Crippen LogP contribution in [-0.4, -0.2) is 54.2 Å². The molecule has 0 saturated carbocycles. The molecule has 0 spiro atoms. The van der Waals surface area contributed by atoms with E-state index in [0.29, 0.717) is 11.1 Å². The third-order valence-electron chi connectivity index (χ3n) is 5.91. The van der Waals surface area contributed by atoms with Gasteiger partial charge in [0.15, 0.2) is 0 Å². The number of aliphatic carboxylic acids is 1. The predicted molar refractivity (Wildman–Crippen MR) is 126 cm³/mol. The van der Waals surface area contributed by atoms with Gasteiger partial charge in [0.25, 0.3) is 5.56 Å². The highest BCUT2D eigenvalue weighted by molar-refractivity contribution is 5.75. The Kier molecular flexibility index (Phi) is 6.68. The molecule has 2 aromatic carbocycles. The predicted octanol–water partition coefficient (Wildman–Crippen LogP) is 2.71. The van der Waals surface area contributed by atoms with Gasteiger partial charge in [0.2, 0.25) is 0 Å². The lowest BCUT2D eigenvalue weighted by Crippen LogP contribution is -2.44. The van der Waals surface area contributed by atoms with Crippen molar-refractivity contribution in [3.05, 3.63) is 88.2 Å². The maximum Gasteiger partial charge on any atom is 0.325 e. The average molecular weight is 433 g/mol. The second kappa shape index (κ2) is 9.80. The Hall–Kier alpha value is -3.42. The van der Waals surface area contributed by atoms with Gasteiger partial charge in [-0.05, 0) is 36.4 Å². The maximum atomic E-state index is 12.6. The van der Waals surface area contributed by atoms with Crippen LogP contribution in [0.15, 0.2) is 71.5 Å². The number of benzene rings is 2. The number of anilines is 1. The lowest BCUT2D eigenvalue weighted by molar-refractivity contribution is -0.139. The molecule has 0 radical (unpaired) electrons. The molecule has 0 unspecified atom stereocenters. The van der Waals surface area contributed by atoms with Gasteiger partial charge in [0, 0.05) is 49.7 Å². The van der Waals surface area contributed by atoms with Gasteiger partial charge in [-0.3, -0.25) is 14.9 Å². The largest absolute Gasteiger partial charge is 0.480 e. The highest BCUT2D eigenvalue weighted by atomic mass is 16.4. The number of hydrogen-bond donors (Lipinski definition) is 3. The monoisotopic (exact) mass is 432 g/mol. The van der Waals surface area contributed by atoms with Crippen LogP contribution < -0.4 is 15.8 Å². The van der Waals surface area contributed by atoms with Crippen molar-refractivity contribution in [2.75, 3.05) is 38.1 Å². The van der Waals surface area contributed by atoms with Crippen LogP contribution in [-0.2, 0) is 11.3 Å². The van der Waals surface area contributed by atoms with Crippen LogP contribution in [0.2, 0.25) is 0 Å². The highest BCUT2D eigenvalue weighted by Gasteiger charge is 2.19. The van der Waals surface area contributed by atoms with Crippen LogP contribution in [0.1, 0.15) is 17.2 Å². The minimum atomic E-state index is -0.982. The van der Waals surface area contributed by atoms with E-state index in [4.69, 9.17) is 0 Å². The first-order valence-electron chi connectivity index (χ1n) is 10.8. The summed E-state index contributed by atoms with van der Waals surface area (Å²) in [6.07, 6.45) is 0. The normalized spacial score (nSPS) is 15.5. The minimum Gasteiger partial charge on any atom is -0.480 e. The number of H-pyrrole nitrogens is 1. The Morgan fingerprint density at radius 1 is 1.00 bits per heavy atom. The topological polar surface area (TPSA) is 88.7 Å². The van der Waals surface area contributed by atoms with E-state index in [0.717, 1.165) is 37.4 Å². The summed E-state index contributed by atoms with van der Waals surface area (Å²) in [5.74, 6) is -0.982. The van der Waals surface area contributed by atoms with Crippen molar-refractivity contribution in [2.45, 2.75) is 12.6 Å². The van der Waals surface area contributed by atoms with E-state index in [1.165, 1.54) is 5.69 Å². The van der Waals surface area contributed by atoms with Gasteiger partial charge >= 0.3 is 5.97 Å². The summed E-state index contributed by atoms with van der Waals surface area (Å²) in [5.41, 5.74) is 3.77. The molecule has 3 aromatic rings. The van der Waals surface area contributed by atoms with Crippen LogP contribution in [0, 0.1) is 0 Å². The molecule has 1 aromatic heterocycles. The Bertz CT molecular complexity index is 1100. The van der Waals surface area contributed by atoms with E-state index in [1.807, 2.05) is 24.3 Å². The number of rotatable bonds is 7. The van der Waals surface area contributed by atoms with Crippen LogP contribution >= 0.6 is 0 Å². The van der Waals surface area contributed by atoms with Crippen molar-refractivity contribution < 1.29 is 9.90 Å². The fourth-order valence-corrected chi connectivity index (χ4v) is 3.93. The van der Waals surface area contributed by atoms with E-state index >= 15 is 0 Å². The van der Waals surface area contributed by atoms with Crippen molar-refractivity contribution in [3.8, 4) is 11.3 Å². The van der Waals surface area contributed by atoms with E-state index in [9.17, 15) is 14.7 Å². The van der Waals surface area contributed by atoms with Crippen molar-refractivity contribution in [2.24, 2.45) is 0 Å². The van der Waals surface area contributed by atoms with Gasteiger partial charge in [-0.15, -0.1) is 0 Å². The van der Waals surface area contributed by atoms with Crippen molar-refractivity contribution >= 4 is 11.7 Å². The van der Waals surface area contributed by atoms with Gasteiger partial charge in [0.05, 0.1) is 0 Å². The van der Waals surface area contributed by atoms with E-state index in [1.54, 1.807) is 30.3 Å². The molecule has 1 aliphatic rings. The molecule has 4 rings (SSSR count). The summed E-state index contributed by atoms with van der Waals surface area (Å²) in [7, 11) is 2.14. The molecule has 7 nitrogen and oxygen atoms in total. The summed E-state index contributed by atoms with van der Waals surface area (Å²) >= 11 is 0. The van der Waals surface area contributed by atoms with Crippen molar-refractivity contribution in [1.29, 1.82) is 0 Å². The van der Waals surface area contributed by atoms with E-state index < -0.39 is 12.0 Å². The molecular weight excluding hydrogens is 404 g/mol. The van der Waals surface area contributed by atoms with Gasteiger partial charge < -0.3 is 19.9 Å². The quantitative estimate of drug-likeness (QED) is 0.532. The van der Waals surface area contributed by atoms with Crippen LogP contribution in [0.4, 0.5) is 5.69 Å². The number of nitrogens with one attached hydrogen (secondary N) is 2.